The van der Waals surface area contributed by atoms with Crippen molar-refractivity contribution in [1.29, 1.82) is 0 Å². The number of hydrogen-bond acceptors (Lipinski definition) is 3. The van der Waals surface area contributed by atoms with Crippen molar-refractivity contribution in [3.8, 4) is 22.9 Å². The Morgan fingerprint density at radius 1 is 0.833 bits per heavy atom. The molecule has 2 aromatic carbocycles. The summed E-state index contributed by atoms with van der Waals surface area (Å²) in [4.78, 5) is 8.34. The molecule has 5 aromatic rings. The number of imidazole rings is 1. The van der Waals surface area contributed by atoms with Crippen molar-refractivity contribution in [3.63, 3.8) is 0 Å². The number of pyridine rings is 2. The second-order valence-electron chi connectivity index (χ2n) is 6.71. The van der Waals surface area contributed by atoms with Gasteiger partial charge in [0.15, 0.2) is 0 Å². The largest absolute Gasteiger partial charge is 0.438 e. The lowest BCUT2D eigenvalue weighted by molar-refractivity contribution is -0.137. The number of halogens is 3. The number of rotatable bonds is 3. The van der Waals surface area contributed by atoms with Crippen LogP contribution in [0, 0.1) is 0 Å². The monoisotopic (exact) mass is 405 g/mol. The number of fused-ring (bicyclic) bond motifs is 2. The highest BCUT2D eigenvalue weighted by molar-refractivity contribution is 5.86. The average Bonchev–Trinajstić information content (AvgIpc) is 3.22. The molecule has 0 unspecified atom stereocenters. The lowest BCUT2D eigenvalue weighted by Crippen LogP contribution is -2.08. The average molecular weight is 405 g/mol. The van der Waals surface area contributed by atoms with Gasteiger partial charge in [-0.3, -0.25) is 4.40 Å². The molecule has 0 radical (unpaired) electrons. The van der Waals surface area contributed by atoms with Crippen molar-refractivity contribution in [1.82, 2.24) is 14.4 Å². The fraction of sp³-hybridized carbons (Fsp3) is 0.0435. The standard InChI is InChI=1S/C23H14F3N3O/c24-23(25,26)19-14-16(30-22-17-5-2-1-4-15(17)10-11-28-22)8-9-18(19)20-6-3-7-21-27-12-13-29(20)21/h1-14H. The minimum absolute atomic E-state index is 0.0457. The Labute approximate surface area is 169 Å². The molecule has 3 aromatic heterocycles. The molecule has 148 valence electrons. The van der Waals surface area contributed by atoms with Crippen LogP contribution in [-0.4, -0.2) is 14.4 Å². The predicted molar refractivity (Wildman–Crippen MR) is 107 cm³/mol. The maximum atomic E-state index is 13.9. The van der Waals surface area contributed by atoms with Gasteiger partial charge < -0.3 is 4.74 Å². The van der Waals surface area contributed by atoms with Gasteiger partial charge in [-0.2, -0.15) is 13.2 Å². The summed E-state index contributed by atoms with van der Waals surface area (Å²) in [7, 11) is 0. The van der Waals surface area contributed by atoms with Gasteiger partial charge in [-0.15, -0.1) is 0 Å². The molecule has 3 heterocycles. The quantitative estimate of drug-likeness (QED) is 0.351. The van der Waals surface area contributed by atoms with Crippen LogP contribution in [0.2, 0.25) is 0 Å². The molecule has 0 aliphatic heterocycles. The van der Waals surface area contributed by atoms with Crippen LogP contribution >= 0.6 is 0 Å². The molecule has 0 saturated heterocycles. The number of nitrogens with zero attached hydrogens (tertiary/aromatic N) is 3. The number of hydrogen-bond donors (Lipinski definition) is 0. The smallest absolute Gasteiger partial charge is 0.417 e. The van der Waals surface area contributed by atoms with Gasteiger partial charge in [0, 0.05) is 29.5 Å². The Hall–Kier alpha value is -3.87. The molecule has 0 aliphatic rings. The van der Waals surface area contributed by atoms with E-state index in [0.717, 1.165) is 16.8 Å². The molecular formula is C23H14F3N3O. The second kappa shape index (κ2) is 6.88. The minimum Gasteiger partial charge on any atom is -0.438 e. The Morgan fingerprint density at radius 2 is 1.70 bits per heavy atom. The fourth-order valence-corrected chi connectivity index (χ4v) is 3.50. The van der Waals surface area contributed by atoms with Crippen molar-refractivity contribution >= 4 is 16.4 Å². The second-order valence-corrected chi connectivity index (χ2v) is 6.71. The first kappa shape index (κ1) is 18.2. The highest BCUT2D eigenvalue weighted by Gasteiger charge is 2.35. The topological polar surface area (TPSA) is 39.4 Å². The van der Waals surface area contributed by atoms with Crippen LogP contribution in [0.25, 0.3) is 27.7 Å². The van der Waals surface area contributed by atoms with Crippen molar-refractivity contribution in [2.75, 3.05) is 0 Å². The zero-order valence-corrected chi connectivity index (χ0v) is 15.5. The van der Waals surface area contributed by atoms with Gasteiger partial charge in [-0.1, -0.05) is 24.3 Å². The third kappa shape index (κ3) is 3.14. The first-order valence-electron chi connectivity index (χ1n) is 9.16. The minimum atomic E-state index is -4.57. The number of aromatic nitrogens is 3. The molecule has 5 rings (SSSR count). The van der Waals surface area contributed by atoms with Crippen LogP contribution in [0.15, 0.2) is 85.3 Å². The summed E-state index contributed by atoms with van der Waals surface area (Å²) in [5, 5.41) is 1.61. The SMILES string of the molecule is FC(F)(F)c1cc(Oc2nccc3ccccc23)ccc1-c1cccc2nccn12. The van der Waals surface area contributed by atoms with Gasteiger partial charge in [0.1, 0.15) is 11.4 Å². The van der Waals surface area contributed by atoms with E-state index >= 15 is 0 Å². The highest BCUT2D eigenvalue weighted by atomic mass is 19.4. The van der Waals surface area contributed by atoms with Crippen LogP contribution in [0.3, 0.4) is 0 Å². The fourth-order valence-electron chi connectivity index (χ4n) is 3.50. The van der Waals surface area contributed by atoms with E-state index in [9.17, 15) is 13.2 Å². The summed E-state index contributed by atoms with van der Waals surface area (Å²) in [5.74, 6) is 0.318. The molecule has 7 heteroatoms. The third-order valence-corrected chi connectivity index (χ3v) is 4.85. The predicted octanol–water partition coefficient (Wildman–Crippen LogP) is 6.36. The highest BCUT2D eigenvalue weighted by Crippen LogP contribution is 2.40. The first-order chi connectivity index (χ1) is 14.5. The summed E-state index contributed by atoms with van der Waals surface area (Å²) >= 11 is 0. The number of alkyl halides is 3. The van der Waals surface area contributed by atoms with Gasteiger partial charge >= 0.3 is 6.18 Å². The summed E-state index contributed by atoms with van der Waals surface area (Å²) in [6, 6.07) is 18.2. The summed E-state index contributed by atoms with van der Waals surface area (Å²) < 4.78 is 49.2. The Balaban J connectivity index is 1.63. The van der Waals surface area contributed by atoms with Crippen molar-refractivity contribution < 1.29 is 17.9 Å². The van der Waals surface area contributed by atoms with E-state index in [4.69, 9.17) is 4.74 Å². The normalized spacial score (nSPS) is 11.8. The van der Waals surface area contributed by atoms with E-state index in [1.165, 1.54) is 12.1 Å². The molecule has 0 bridgehead atoms. The molecule has 0 saturated carbocycles. The van der Waals surface area contributed by atoms with Crippen LogP contribution in [0.4, 0.5) is 13.2 Å². The van der Waals surface area contributed by atoms with Crippen LogP contribution in [0.5, 0.6) is 11.6 Å². The molecule has 0 atom stereocenters. The molecular weight excluding hydrogens is 391 g/mol. The van der Waals surface area contributed by atoms with Gasteiger partial charge in [0.05, 0.1) is 11.3 Å². The number of benzene rings is 2. The van der Waals surface area contributed by atoms with E-state index in [1.54, 1.807) is 41.2 Å². The number of ether oxygens (including phenoxy) is 1. The first-order valence-corrected chi connectivity index (χ1v) is 9.16. The van der Waals surface area contributed by atoms with Gasteiger partial charge in [-0.05, 0) is 47.9 Å². The lowest BCUT2D eigenvalue weighted by atomic mass is 10.0. The van der Waals surface area contributed by atoms with E-state index in [2.05, 4.69) is 9.97 Å². The molecule has 0 aliphatic carbocycles. The Morgan fingerprint density at radius 3 is 2.57 bits per heavy atom. The summed E-state index contributed by atoms with van der Waals surface area (Å²) in [6.45, 7) is 0. The molecule has 0 fully saturated rings. The molecule has 0 spiro atoms. The molecule has 0 amide bonds. The summed E-state index contributed by atoms with van der Waals surface area (Å²) in [5.41, 5.74) is 0.221. The van der Waals surface area contributed by atoms with E-state index in [1.807, 2.05) is 30.3 Å². The van der Waals surface area contributed by atoms with Gasteiger partial charge in [0.25, 0.3) is 0 Å². The maximum absolute atomic E-state index is 13.9. The van der Waals surface area contributed by atoms with Crippen molar-refractivity contribution in [3.05, 3.63) is 90.9 Å². The molecule has 0 N–H and O–H groups in total. The zero-order chi connectivity index (χ0) is 20.7. The van der Waals surface area contributed by atoms with Crippen LogP contribution in [0.1, 0.15) is 5.56 Å². The van der Waals surface area contributed by atoms with Crippen molar-refractivity contribution in [2.24, 2.45) is 0 Å². The van der Waals surface area contributed by atoms with Gasteiger partial charge in [-0.25, -0.2) is 9.97 Å². The van der Waals surface area contributed by atoms with E-state index < -0.39 is 11.7 Å². The van der Waals surface area contributed by atoms with Crippen molar-refractivity contribution in [2.45, 2.75) is 6.18 Å². The van der Waals surface area contributed by atoms with E-state index in [0.29, 0.717) is 11.3 Å². The Bertz CT molecular complexity index is 1370. The third-order valence-electron chi connectivity index (χ3n) is 4.85. The van der Waals surface area contributed by atoms with E-state index in [-0.39, 0.29) is 17.2 Å². The summed E-state index contributed by atoms with van der Waals surface area (Å²) in [6.07, 6.45) is 0.186. The Kier molecular flexibility index (Phi) is 4.17. The zero-order valence-electron chi connectivity index (χ0n) is 15.5. The molecule has 30 heavy (non-hydrogen) atoms. The van der Waals surface area contributed by atoms with Crippen LogP contribution in [-0.2, 0) is 6.18 Å². The molecule has 4 nitrogen and oxygen atoms in total. The van der Waals surface area contributed by atoms with Gasteiger partial charge in [0.2, 0.25) is 5.88 Å². The lowest BCUT2D eigenvalue weighted by Gasteiger charge is -2.16. The maximum Gasteiger partial charge on any atom is 0.417 e. The van der Waals surface area contributed by atoms with Crippen LogP contribution < -0.4 is 4.74 Å².